The standard InChI is InChI=1S/C9H10N2O4/c12-5-7(9(14)15)11-8(13)6-2-1-3-10-4-6/h1-4,7,12H,5H2,(H,11,13)(H,14,15)/p-1/t7-/m1/s1. The molecule has 0 saturated heterocycles. The lowest BCUT2D eigenvalue weighted by atomic mass is 10.2. The number of carbonyl (C=O) groups is 2. The number of nitrogens with zero attached hydrogens (tertiary/aromatic N) is 1. The first kappa shape index (κ1) is 11.1. The first-order valence-corrected chi connectivity index (χ1v) is 4.17. The van der Waals surface area contributed by atoms with Gasteiger partial charge in [-0.15, -0.1) is 0 Å². The lowest BCUT2D eigenvalue weighted by Gasteiger charge is -2.16. The van der Waals surface area contributed by atoms with Crippen molar-refractivity contribution in [2.45, 2.75) is 6.04 Å². The van der Waals surface area contributed by atoms with Gasteiger partial charge in [-0.1, -0.05) is 0 Å². The van der Waals surface area contributed by atoms with E-state index < -0.39 is 24.5 Å². The van der Waals surface area contributed by atoms with Gasteiger partial charge in [-0.3, -0.25) is 9.78 Å². The van der Waals surface area contributed by atoms with Gasteiger partial charge >= 0.3 is 0 Å². The second-order valence-electron chi connectivity index (χ2n) is 2.77. The number of hydrogen-bond acceptors (Lipinski definition) is 5. The van der Waals surface area contributed by atoms with E-state index in [0.29, 0.717) is 0 Å². The van der Waals surface area contributed by atoms with Crippen LogP contribution in [0.4, 0.5) is 0 Å². The molecule has 1 aromatic rings. The summed E-state index contributed by atoms with van der Waals surface area (Å²) in [6.07, 6.45) is 2.78. The van der Waals surface area contributed by atoms with Crippen LogP contribution in [0.2, 0.25) is 0 Å². The zero-order chi connectivity index (χ0) is 11.3. The monoisotopic (exact) mass is 209 g/mol. The summed E-state index contributed by atoms with van der Waals surface area (Å²) in [5.74, 6) is -2.15. The number of carbonyl (C=O) groups excluding carboxylic acids is 2. The minimum Gasteiger partial charge on any atom is -0.548 e. The molecule has 0 aliphatic rings. The highest BCUT2D eigenvalue weighted by molar-refractivity contribution is 5.96. The lowest BCUT2D eigenvalue weighted by Crippen LogP contribution is -2.50. The van der Waals surface area contributed by atoms with E-state index in [0.717, 1.165) is 0 Å². The van der Waals surface area contributed by atoms with E-state index in [9.17, 15) is 14.7 Å². The van der Waals surface area contributed by atoms with Crippen LogP contribution in [0.3, 0.4) is 0 Å². The Balaban J connectivity index is 2.67. The molecule has 15 heavy (non-hydrogen) atoms. The van der Waals surface area contributed by atoms with Crippen LogP contribution in [0.1, 0.15) is 10.4 Å². The quantitative estimate of drug-likeness (QED) is 0.592. The third kappa shape index (κ3) is 3.03. The number of nitrogens with one attached hydrogen (secondary N) is 1. The van der Waals surface area contributed by atoms with E-state index in [2.05, 4.69) is 10.3 Å². The molecule has 1 atom stereocenters. The molecule has 1 rings (SSSR count). The van der Waals surface area contributed by atoms with Gasteiger partial charge in [-0.2, -0.15) is 0 Å². The first-order valence-electron chi connectivity index (χ1n) is 4.17. The molecular formula is C9H9N2O4-. The van der Waals surface area contributed by atoms with Crippen molar-refractivity contribution in [2.24, 2.45) is 0 Å². The first-order chi connectivity index (χ1) is 7.15. The number of aromatic nitrogens is 1. The Hall–Kier alpha value is -1.95. The topological polar surface area (TPSA) is 102 Å². The molecule has 0 aliphatic carbocycles. The van der Waals surface area contributed by atoms with Crippen LogP contribution in [-0.4, -0.2) is 34.6 Å². The van der Waals surface area contributed by atoms with Gasteiger partial charge in [-0.25, -0.2) is 0 Å². The molecule has 0 aliphatic heterocycles. The summed E-state index contributed by atoms with van der Waals surface area (Å²) in [5, 5.41) is 21.1. The van der Waals surface area contributed by atoms with Crippen LogP contribution >= 0.6 is 0 Å². The Morgan fingerprint density at radius 2 is 2.33 bits per heavy atom. The number of hydrogen-bond donors (Lipinski definition) is 2. The van der Waals surface area contributed by atoms with Gasteiger partial charge in [0.05, 0.1) is 24.2 Å². The fourth-order valence-corrected chi connectivity index (χ4v) is 0.918. The van der Waals surface area contributed by atoms with Gasteiger partial charge in [0.15, 0.2) is 0 Å². The molecule has 0 aromatic carbocycles. The van der Waals surface area contributed by atoms with E-state index in [1.807, 2.05) is 0 Å². The summed E-state index contributed by atoms with van der Waals surface area (Å²) >= 11 is 0. The van der Waals surface area contributed by atoms with Crippen molar-refractivity contribution in [2.75, 3.05) is 6.61 Å². The molecule has 0 fully saturated rings. The van der Waals surface area contributed by atoms with Crippen molar-refractivity contribution in [1.82, 2.24) is 10.3 Å². The summed E-state index contributed by atoms with van der Waals surface area (Å²) < 4.78 is 0. The molecule has 1 aromatic heterocycles. The van der Waals surface area contributed by atoms with Gasteiger partial charge in [0.1, 0.15) is 0 Å². The number of aliphatic hydroxyl groups is 1. The Labute approximate surface area is 85.6 Å². The third-order valence-corrected chi connectivity index (χ3v) is 1.70. The van der Waals surface area contributed by atoms with Gasteiger partial charge < -0.3 is 20.3 Å². The molecule has 1 amide bonds. The average molecular weight is 209 g/mol. The van der Waals surface area contributed by atoms with Crippen molar-refractivity contribution < 1.29 is 19.8 Å². The average Bonchev–Trinajstić information content (AvgIpc) is 2.26. The maximum atomic E-state index is 11.4. The molecule has 80 valence electrons. The van der Waals surface area contributed by atoms with Gasteiger partial charge in [0, 0.05) is 12.4 Å². The zero-order valence-corrected chi connectivity index (χ0v) is 7.71. The highest BCUT2D eigenvalue weighted by Gasteiger charge is 2.13. The number of rotatable bonds is 4. The van der Waals surface area contributed by atoms with Crippen LogP contribution in [0.25, 0.3) is 0 Å². The maximum Gasteiger partial charge on any atom is 0.253 e. The van der Waals surface area contributed by atoms with Crippen LogP contribution in [0.5, 0.6) is 0 Å². The van der Waals surface area contributed by atoms with Crippen molar-refractivity contribution in [3.05, 3.63) is 30.1 Å². The molecule has 6 heteroatoms. The van der Waals surface area contributed by atoms with Crippen molar-refractivity contribution >= 4 is 11.9 Å². The summed E-state index contributed by atoms with van der Waals surface area (Å²) in [7, 11) is 0. The van der Waals surface area contributed by atoms with Crippen LogP contribution in [0, 0.1) is 0 Å². The predicted octanol–water partition coefficient (Wildman–Crippen LogP) is -2.08. The Bertz CT molecular complexity index is 352. The van der Waals surface area contributed by atoms with Crippen molar-refractivity contribution in [3.8, 4) is 0 Å². The fourth-order valence-electron chi connectivity index (χ4n) is 0.918. The number of carboxylic acids is 1. The van der Waals surface area contributed by atoms with E-state index in [-0.39, 0.29) is 5.56 Å². The zero-order valence-electron chi connectivity index (χ0n) is 7.71. The SMILES string of the molecule is O=C(N[C@H](CO)C(=O)[O-])c1cccnc1. The number of carboxylic acid groups (broad SMARTS) is 1. The number of pyridine rings is 1. The van der Waals surface area contributed by atoms with E-state index in [4.69, 9.17) is 5.11 Å². The number of aliphatic hydroxyl groups excluding tert-OH is 1. The highest BCUT2D eigenvalue weighted by Crippen LogP contribution is 1.95. The largest absolute Gasteiger partial charge is 0.548 e. The van der Waals surface area contributed by atoms with Crippen molar-refractivity contribution in [1.29, 1.82) is 0 Å². The molecule has 6 nitrogen and oxygen atoms in total. The Kier molecular flexibility index (Phi) is 3.75. The van der Waals surface area contributed by atoms with E-state index in [1.54, 1.807) is 6.07 Å². The van der Waals surface area contributed by atoms with Crippen LogP contribution in [-0.2, 0) is 4.79 Å². The minimum absolute atomic E-state index is 0.220. The third-order valence-electron chi connectivity index (χ3n) is 1.70. The van der Waals surface area contributed by atoms with Gasteiger partial charge in [0.25, 0.3) is 5.91 Å². The second-order valence-corrected chi connectivity index (χ2v) is 2.77. The molecule has 1 heterocycles. The summed E-state index contributed by atoms with van der Waals surface area (Å²) in [6.45, 7) is -0.714. The van der Waals surface area contributed by atoms with Crippen LogP contribution < -0.4 is 10.4 Å². The Morgan fingerprint density at radius 3 is 2.80 bits per heavy atom. The van der Waals surface area contributed by atoms with Crippen LogP contribution in [0.15, 0.2) is 24.5 Å². The predicted molar refractivity (Wildman–Crippen MR) is 47.6 cm³/mol. The maximum absolute atomic E-state index is 11.4. The van der Waals surface area contributed by atoms with Gasteiger partial charge in [-0.05, 0) is 12.1 Å². The van der Waals surface area contributed by atoms with E-state index in [1.165, 1.54) is 18.5 Å². The molecule has 0 radical (unpaired) electrons. The Morgan fingerprint density at radius 1 is 1.60 bits per heavy atom. The number of aliphatic carboxylic acids is 1. The van der Waals surface area contributed by atoms with Gasteiger partial charge in [0.2, 0.25) is 0 Å². The fraction of sp³-hybridized carbons (Fsp3) is 0.222. The summed E-state index contributed by atoms with van der Waals surface area (Å²) in [5.41, 5.74) is 0.220. The normalized spacial score (nSPS) is 11.8. The molecule has 0 unspecified atom stereocenters. The molecule has 2 N–H and O–H groups in total. The summed E-state index contributed by atoms with van der Waals surface area (Å²) in [6, 6.07) is 1.62. The minimum atomic E-state index is -1.53. The molecular weight excluding hydrogens is 200 g/mol. The lowest BCUT2D eigenvalue weighted by molar-refractivity contribution is -0.308. The second kappa shape index (κ2) is 5.06. The molecule has 0 saturated carbocycles. The highest BCUT2D eigenvalue weighted by atomic mass is 16.4. The van der Waals surface area contributed by atoms with E-state index >= 15 is 0 Å². The molecule has 0 spiro atoms. The molecule has 0 bridgehead atoms. The smallest absolute Gasteiger partial charge is 0.253 e. The summed E-state index contributed by atoms with van der Waals surface area (Å²) in [4.78, 5) is 25.5. The van der Waals surface area contributed by atoms with Crippen molar-refractivity contribution in [3.63, 3.8) is 0 Å². The number of amides is 1.